The van der Waals surface area contributed by atoms with Crippen molar-refractivity contribution in [3.63, 3.8) is 0 Å². The van der Waals surface area contributed by atoms with E-state index in [2.05, 4.69) is 30.5 Å². The fraction of sp³-hybridized carbons (Fsp3) is 0.250. The topological polar surface area (TPSA) is 47.3 Å². The summed E-state index contributed by atoms with van der Waals surface area (Å²) in [4.78, 5) is 1.20. The van der Waals surface area contributed by atoms with E-state index in [4.69, 9.17) is 10.6 Å². The molecule has 2 unspecified atom stereocenters. The Labute approximate surface area is 123 Å². The maximum absolute atomic E-state index is 6.13. The van der Waals surface area contributed by atoms with E-state index in [1.54, 1.807) is 0 Å². The number of ether oxygens (including phenoxy) is 1. The van der Waals surface area contributed by atoms with Crippen LogP contribution in [0.25, 0.3) is 0 Å². The van der Waals surface area contributed by atoms with Gasteiger partial charge in [-0.15, -0.1) is 11.8 Å². The number of hydrogen-bond donors (Lipinski definition) is 2. The van der Waals surface area contributed by atoms with Crippen molar-refractivity contribution < 1.29 is 4.74 Å². The molecule has 1 heterocycles. The Morgan fingerprint density at radius 1 is 1.20 bits per heavy atom. The van der Waals surface area contributed by atoms with Crippen molar-refractivity contribution >= 4 is 11.8 Å². The number of para-hydroxylation sites is 1. The second-order valence-corrected chi connectivity index (χ2v) is 5.98. The molecule has 0 aliphatic carbocycles. The lowest BCUT2D eigenvalue weighted by Gasteiger charge is -2.32. The second-order valence-electron chi connectivity index (χ2n) is 4.91. The predicted molar refractivity (Wildman–Crippen MR) is 82.8 cm³/mol. The molecule has 1 aliphatic rings. The van der Waals surface area contributed by atoms with Gasteiger partial charge < -0.3 is 4.74 Å². The third-order valence-electron chi connectivity index (χ3n) is 3.61. The predicted octanol–water partition coefficient (Wildman–Crippen LogP) is 3.05. The highest BCUT2D eigenvalue weighted by atomic mass is 32.2. The van der Waals surface area contributed by atoms with Crippen LogP contribution in [0.15, 0.2) is 53.4 Å². The molecule has 104 valence electrons. The number of fused-ring (bicyclic) bond motifs is 1. The number of aryl methyl sites for hydroxylation is 1. The lowest BCUT2D eigenvalue weighted by atomic mass is 9.98. The van der Waals surface area contributed by atoms with E-state index in [1.807, 2.05) is 42.1 Å². The van der Waals surface area contributed by atoms with Gasteiger partial charge in [-0.1, -0.05) is 36.4 Å². The Morgan fingerprint density at radius 3 is 2.75 bits per heavy atom. The Bertz CT molecular complexity index is 603. The Morgan fingerprint density at radius 2 is 1.95 bits per heavy atom. The van der Waals surface area contributed by atoms with Crippen LogP contribution < -0.4 is 16.0 Å². The molecule has 3 rings (SSSR count). The van der Waals surface area contributed by atoms with Crippen molar-refractivity contribution in [3.8, 4) is 5.75 Å². The van der Waals surface area contributed by atoms with Crippen molar-refractivity contribution in [2.75, 3.05) is 5.75 Å². The Kier molecular flexibility index (Phi) is 3.96. The van der Waals surface area contributed by atoms with E-state index in [-0.39, 0.29) is 12.1 Å². The fourth-order valence-corrected chi connectivity index (χ4v) is 3.57. The summed E-state index contributed by atoms with van der Waals surface area (Å²) in [7, 11) is 0. The molecule has 3 N–H and O–H groups in total. The Hall–Kier alpha value is -1.49. The van der Waals surface area contributed by atoms with Gasteiger partial charge in [0.25, 0.3) is 0 Å². The normalized spacial score (nSPS) is 19.0. The number of benzene rings is 2. The first-order chi connectivity index (χ1) is 9.79. The maximum atomic E-state index is 6.13. The van der Waals surface area contributed by atoms with E-state index in [1.165, 1.54) is 16.0 Å². The lowest BCUT2D eigenvalue weighted by Crippen LogP contribution is -2.42. The summed E-state index contributed by atoms with van der Waals surface area (Å²) >= 11 is 1.82. The zero-order valence-corrected chi connectivity index (χ0v) is 12.2. The summed E-state index contributed by atoms with van der Waals surface area (Å²) in [6, 6.07) is 16.4. The minimum Gasteiger partial charge on any atom is -0.486 e. The molecule has 0 saturated heterocycles. The first kappa shape index (κ1) is 13.5. The van der Waals surface area contributed by atoms with Gasteiger partial charge in [0.1, 0.15) is 11.9 Å². The smallest absolute Gasteiger partial charge is 0.133 e. The molecular formula is C16H18N2OS. The maximum Gasteiger partial charge on any atom is 0.133 e. The van der Waals surface area contributed by atoms with E-state index < -0.39 is 0 Å². The summed E-state index contributed by atoms with van der Waals surface area (Å²) in [5.74, 6) is 7.62. The molecule has 20 heavy (non-hydrogen) atoms. The van der Waals surface area contributed by atoms with Crippen molar-refractivity contribution in [3.05, 3.63) is 59.7 Å². The SMILES string of the molecule is Cc1ccccc1C(NN)C1CSc2ccccc2O1. The monoisotopic (exact) mass is 286 g/mol. The number of rotatable bonds is 3. The van der Waals surface area contributed by atoms with Crippen LogP contribution in [0, 0.1) is 6.92 Å². The highest BCUT2D eigenvalue weighted by Crippen LogP contribution is 2.38. The van der Waals surface area contributed by atoms with Crippen LogP contribution in [-0.2, 0) is 0 Å². The van der Waals surface area contributed by atoms with Gasteiger partial charge in [-0.3, -0.25) is 5.84 Å². The molecule has 2 aromatic rings. The highest BCUT2D eigenvalue weighted by molar-refractivity contribution is 7.99. The molecule has 2 atom stereocenters. The molecule has 0 aromatic heterocycles. The van der Waals surface area contributed by atoms with Gasteiger partial charge in [-0.2, -0.15) is 0 Å². The van der Waals surface area contributed by atoms with E-state index in [0.717, 1.165) is 11.5 Å². The average Bonchev–Trinajstić information content (AvgIpc) is 2.50. The van der Waals surface area contributed by atoms with Gasteiger partial charge in [0, 0.05) is 10.6 Å². The van der Waals surface area contributed by atoms with Gasteiger partial charge in [-0.05, 0) is 30.2 Å². The molecule has 2 aromatic carbocycles. The Balaban J connectivity index is 1.87. The van der Waals surface area contributed by atoms with Crippen LogP contribution in [0.2, 0.25) is 0 Å². The summed E-state index contributed by atoms with van der Waals surface area (Å²) in [5, 5.41) is 0. The molecule has 1 aliphatic heterocycles. The molecule has 0 saturated carbocycles. The van der Waals surface area contributed by atoms with Crippen LogP contribution in [0.3, 0.4) is 0 Å². The van der Waals surface area contributed by atoms with Crippen LogP contribution in [0.1, 0.15) is 17.2 Å². The fourth-order valence-electron chi connectivity index (χ4n) is 2.53. The van der Waals surface area contributed by atoms with Crippen molar-refractivity contribution in [1.29, 1.82) is 0 Å². The van der Waals surface area contributed by atoms with Gasteiger partial charge in [-0.25, -0.2) is 5.43 Å². The quantitative estimate of drug-likeness (QED) is 0.672. The van der Waals surface area contributed by atoms with E-state index in [0.29, 0.717) is 0 Å². The highest BCUT2D eigenvalue weighted by Gasteiger charge is 2.29. The van der Waals surface area contributed by atoms with Gasteiger partial charge in [0.15, 0.2) is 0 Å². The first-order valence-corrected chi connectivity index (χ1v) is 7.68. The molecule has 0 spiro atoms. The summed E-state index contributed by atoms with van der Waals surface area (Å²) in [5.41, 5.74) is 5.34. The summed E-state index contributed by atoms with van der Waals surface area (Å²) in [6.07, 6.45) is 0.0287. The minimum atomic E-state index is -0.00273. The van der Waals surface area contributed by atoms with Gasteiger partial charge >= 0.3 is 0 Å². The van der Waals surface area contributed by atoms with Crippen LogP contribution in [0.5, 0.6) is 5.75 Å². The molecule has 3 nitrogen and oxygen atoms in total. The third-order valence-corrected chi connectivity index (χ3v) is 4.75. The van der Waals surface area contributed by atoms with E-state index in [9.17, 15) is 0 Å². The molecule has 0 fully saturated rings. The lowest BCUT2D eigenvalue weighted by molar-refractivity contribution is 0.166. The van der Waals surface area contributed by atoms with Crippen molar-refractivity contribution in [2.45, 2.75) is 24.0 Å². The minimum absolute atomic E-state index is 0.00273. The van der Waals surface area contributed by atoms with Crippen molar-refractivity contribution in [2.24, 2.45) is 5.84 Å². The van der Waals surface area contributed by atoms with Crippen LogP contribution in [-0.4, -0.2) is 11.9 Å². The number of nitrogens with one attached hydrogen (secondary N) is 1. The average molecular weight is 286 g/mol. The number of hydrogen-bond acceptors (Lipinski definition) is 4. The number of thioether (sulfide) groups is 1. The zero-order valence-electron chi connectivity index (χ0n) is 11.4. The summed E-state index contributed by atoms with van der Waals surface area (Å²) in [6.45, 7) is 2.10. The van der Waals surface area contributed by atoms with Crippen molar-refractivity contribution in [1.82, 2.24) is 5.43 Å². The van der Waals surface area contributed by atoms with E-state index >= 15 is 0 Å². The molecule has 0 amide bonds. The number of hydrazine groups is 1. The molecular weight excluding hydrogens is 268 g/mol. The standard InChI is InChI=1S/C16H18N2OS/c1-11-6-2-3-7-12(11)16(18-17)14-10-20-15-9-5-4-8-13(15)19-14/h2-9,14,16,18H,10,17H2,1H3. The van der Waals surface area contributed by atoms with Gasteiger partial charge in [0.05, 0.1) is 6.04 Å². The third kappa shape index (κ3) is 2.54. The summed E-state index contributed by atoms with van der Waals surface area (Å²) < 4.78 is 6.13. The van der Waals surface area contributed by atoms with Crippen LogP contribution >= 0.6 is 11.8 Å². The van der Waals surface area contributed by atoms with Gasteiger partial charge in [0.2, 0.25) is 0 Å². The first-order valence-electron chi connectivity index (χ1n) is 6.69. The zero-order chi connectivity index (χ0) is 13.9. The molecule has 0 radical (unpaired) electrons. The number of nitrogens with two attached hydrogens (primary N) is 1. The molecule has 4 heteroatoms. The largest absolute Gasteiger partial charge is 0.486 e. The van der Waals surface area contributed by atoms with Crippen LogP contribution in [0.4, 0.5) is 0 Å². The molecule has 0 bridgehead atoms. The second kappa shape index (κ2) is 5.87.